The molecule has 0 unspecified atom stereocenters. The van der Waals surface area contributed by atoms with Crippen LogP contribution in [0, 0.1) is 10.8 Å². The molecule has 7 nitrogen and oxygen atoms in total. The first-order valence-electron chi connectivity index (χ1n) is 6.64. The fraction of sp³-hybridized carbons (Fsp3) is 0.615. The minimum atomic E-state index is -1.11. The molecule has 2 fully saturated rings. The Labute approximate surface area is 115 Å². The van der Waals surface area contributed by atoms with E-state index in [2.05, 4.69) is 4.98 Å². The monoisotopic (exact) mass is 279 g/mol. The van der Waals surface area contributed by atoms with E-state index in [0.29, 0.717) is 6.54 Å². The van der Waals surface area contributed by atoms with E-state index in [4.69, 9.17) is 0 Å². The van der Waals surface area contributed by atoms with Crippen molar-refractivity contribution >= 4 is 11.9 Å². The van der Waals surface area contributed by atoms with Gasteiger partial charge in [-0.3, -0.25) is 14.5 Å². The third-order valence-electron chi connectivity index (χ3n) is 4.71. The summed E-state index contributed by atoms with van der Waals surface area (Å²) < 4.78 is 1.98. The van der Waals surface area contributed by atoms with Gasteiger partial charge in [0.15, 0.2) is 0 Å². The van der Waals surface area contributed by atoms with E-state index in [1.807, 2.05) is 22.6 Å². The largest absolute Gasteiger partial charge is 0.481 e. The van der Waals surface area contributed by atoms with E-state index in [1.165, 1.54) is 0 Å². The lowest BCUT2D eigenvalue weighted by Gasteiger charge is -2.19. The molecule has 2 N–H and O–H groups in total. The summed E-state index contributed by atoms with van der Waals surface area (Å²) in [4.78, 5) is 29.0. The number of hydrogen-bond donors (Lipinski definition) is 2. The normalized spacial score (nSPS) is 32.0. The Morgan fingerprint density at radius 1 is 1.30 bits per heavy atom. The van der Waals surface area contributed by atoms with Crippen molar-refractivity contribution < 1.29 is 19.8 Å². The Hall–Kier alpha value is -1.89. The highest BCUT2D eigenvalue weighted by Crippen LogP contribution is 2.68. The number of aromatic nitrogens is 2. The molecule has 7 heteroatoms. The van der Waals surface area contributed by atoms with Crippen molar-refractivity contribution in [2.24, 2.45) is 10.8 Å². The number of likely N-dealkylation sites (tertiary alicyclic amines) is 1. The Kier molecular flexibility index (Phi) is 2.66. The van der Waals surface area contributed by atoms with E-state index in [-0.39, 0.29) is 19.5 Å². The number of carboxylic acid groups (broad SMARTS) is 2. The maximum atomic E-state index is 11.4. The van der Waals surface area contributed by atoms with Gasteiger partial charge in [0.2, 0.25) is 0 Å². The highest BCUT2D eigenvalue weighted by molar-refractivity contribution is 5.94. The lowest BCUT2D eigenvalue weighted by atomic mass is 9.97. The van der Waals surface area contributed by atoms with Crippen LogP contribution in [0.2, 0.25) is 0 Å². The number of rotatable bonds is 5. The van der Waals surface area contributed by atoms with Gasteiger partial charge < -0.3 is 14.8 Å². The summed E-state index contributed by atoms with van der Waals surface area (Å²) in [5.41, 5.74) is -2.22. The van der Waals surface area contributed by atoms with Crippen LogP contribution in [0.3, 0.4) is 0 Å². The fourth-order valence-electron chi connectivity index (χ4n) is 3.49. The molecule has 0 bridgehead atoms. The smallest absolute Gasteiger partial charge is 0.312 e. The molecule has 3 rings (SSSR count). The quantitative estimate of drug-likeness (QED) is 0.803. The van der Waals surface area contributed by atoms with Crippen LogP contribution < -0.4 is 0 Å². The molecule has 0 amide bonds. The van der Waals surface area contributed by atoms with E-state index in [0.717, 1.165) is 12.4 Å². The second-order valence-corrected chi connectivity index (χ2v) is 5.73. The van der Waals surface area contributed by atoms with Gasteiger partial charge in [0, 0.05) is 32.0 Å². The molecule has 1 aliphatic carbocycles. The van der Waals surface area contributed by atoms with Crippen molar-refractivity contribution in [3.63, 3.8) is 0 Å². The molecule has 20 heavy (non-hydrogen) atoms. The molecule has 0 aromatic carbocycles. The number of carbonyl (C=O) groups is 2. The lowest BCUT2D eigenvalue weighted by Crippen LogP contribution is -2.29. The molecule has 1 aromatic heterocycles. The second kappa shape index (κ2) is 4.05. The molecule has 0 radical (unpaired) electrons. The molecular weight excluding hydrogens is 262 g/mol. The molecule has 2 aliphatic rings. The molecule has 2 heterocycles. The van der Waals surface area contributed by atoms with Gasteiger partial charge in [0.25, 0.3) is 0 Å². The van der Waals surface area contributed by atoms with E-state index < -0.39 is 22.8 Å². The van der Waals surface area contributed by atoms with Crippen LogP contribution in [-0.4, -0.2) is 49.7 Å². The first kappa shape index (κ1) is 13.1. The van der Waals surface area contributed by atoms with E-state index in [1.54, 1.807) is 6.20 Å². The minimum absolute atomic E-state index is 0.239. The second-order valence-electron chi connectivity index (χ2n) is 5.73. The number of nitrogens with zero attached hydrogens (tertiary/aromatic N) is 3. The average Bonchev–Trinajstić information content (AvgIpc) is 2.71. The summed E-state index contributed by atoms with van der Waals surface area (Å²) in [5, 5.41) is 18.7. The van der Waals surface area contributed by atoms with Crippen molar-refractivity contribution in [2.45, 2.75) is 26.4 Å². The molecule has 0 spiro atoms. The summed E-state index contributed by atoms with van der Waals surface area (Å²) in [5.74, 6) is -1.16. The first-order valence-corrected chi connectivity index (χ1v) is 6.64. The van der Waals surface area contributed by atoms with Crippen molar-refractivity contribution in [1.29, 1.82) is 0 Å². The van der Waals surface area contributed by atoms with Gasteiger partial charge in [-0.05, 0) is 13.3 Å². The van der Waals surface area contributed by atoms with Crippen LogP contribution in [0.15, 0.2) is 12.4 Å². The number of aryl methyl sites for hydroxylation is 1. The topological polar surface area (TPSA) is 95.7 Å². The van der Waals surface area contributed by atoms with Crippen LogP contribution in [0.4, 0.5) is 0 Å². The number of carboxylic acids is 2. The Bertz CT molecular complexity index is 556. The van der Waals surface area contributed by atoms with Crippen molar-refractivity contribution in [3.05, 3.63) is 18.2 Å². The van der Waals surface area contributed by atoms with Gasteiger partial charge in [-0.2, -0.15) is 0 Å². The first-order chi connectivity index (χ1) is 9.45. The van der Waals surface area contributed by atoms with Gasteiger partial charge in [0.1, 0.15) is 5.82 Å². The molecule has 1 aromatic rings. The predicted octanol–water partition coefficient (Wildman–Crippen LogP) is 0.264. The van der Waals surface area contributed by atoms with Gasteiger partial charge in [0.05, 0.1) is 17.4 Å². The zero-order valence-electron chi connectivity index (χ0n) is 11.2. The average molecular weight is 279 g/mol. The SMILES string of the molecule is CCn1ccnc1CN1C[C@@]2(C(=O)O)C[C@@]2(C(=O)O)C1. The van der Waals surface area contributed by atoms with Crippen LogP contribution in [0.25, 0.3) is 0 Å². The predicted molar refractivity (Wildman–Crippen MR) is 67.9 cm³/mol. The Morgan fingerprint density at radius 2 is 1.90 bits per heavy atom. The third kappa shape index (κ3) is 1.53. The van der Waals surface area contributed by atoms with Crippen molar-refractivity contribution in [3.8, 4) is 0 Å². The number of fused-ring (bicyclic) bond motifs is 1. The molecule has 1 saturated carbocycles. The number of piperidine rings is 1. The van der Waals surface area contributed by atoms with E-state index >= 15 is 0 Å². The fourth-order valence-corrected chi connectivity index (χ4v) is 3.49. The number of aliphatic carboxylic acids is 2. The minimum Gasteiger partial charge on any atom is -0.481 e. The molecule has 108 valence electrons. The zero-order valence-corrected chi connectivity index (χ0v) is 11.2. The maximum absolute atomic E-state index is 11.4. The summed E-state index contributed by atoms with van der Waals surface area (Å²) >= 11 is 0. The van der Waals surface area contributed by atoms with Crippen LogP contribution >= 0.6 is 0 Å². The molecule has 1 aliphatic heterocycles. The lowest BCUT2D eigenvalue weighted by molar-refractivity contribution is -0.151. The highest BCUT2D eigenvalue weighted by Gasteiger charge is 2.80. The summed E-state index contributed by atoms with van der Waals surface area (Å²) in [7, 11) is 0. The van der Waals surface area contributed by atoms with Crippen LogP contribution in [-0.2, 0) is 22.7 Å². The molecular formula is C13H17N3O4. The number of imidazole rings is 1. The molecule has 2 atom stereocenters. The Morgan fingerprint density at radius 3 is 2.40 bits per heavy atom. The highest BCUT2D eigenvalue weighted by atomic mass is 16.4. The maximum Gasteiger partial charge on any atom is 0.312 e. The van der Waals surface area contributed by atoms with Crippen LogP contribution in [0.5, 0.6) is 0 Å². The molecule has 1 saturated heterocycles. The van der Waals surface area contributed by atoms with Gasteiger partial charge in [-0.15, -0.1) is 0 Å². The van der Waals surface area contributed by atoms with Gasteiger partial charge >= 0.3 is 11.9 Å². The van der Waals surface area contributed by atoms with Gasteiger partial charge in [-0.1, -0.05) is 0 Å². The van der Waals surface area contributed by atoms with E-state index in [9.17, 15) is 19.8 Å². The zero-order chi connectivity index (χ0) is 14.5. The summed E-state index contributed by atoms with van der Waals surface area (Å²) in [6.45, 7) is 3.85. The third-order valence-corrected chi connectivity index (χ3v) is 4.71. The Balaban J connectivity index is 1.80. The number of hydrogen-bond acceptors (Lipinski definition) is 4. The summed E-state index contributed by atoms with van der Waals surface area (Å²) in [6, 6.07) is 0. The van der Waals surface area contributed by atoms with Crippen molar-refractivity contribution in [2.75, 3.05) is 13.1 Å². The summed E-state index contributed by atoms with van der Waals surface area (Å²) in [6.07, 6.45) is 3.81. The van der Waals surface area contributed by atoms with Gasteiger partial charge in [-0.25, -0.2) is 4.98 Å². The standard InChI is InChI=1S/C13H17N3O4/c1-2-16-4-3-14-9(16)5-15-7-12(10(17)18)6-13(12,8-15)11(19)20/h3-4H,2,5-8H2,1H3,(H,17,18)(H,19,20)/t12-,13+. The van der Waals surface area contributed by atoms with Crippen molar-refractivity contribution in [1.82, 2.24) is 14.5 Å². The van der Waals surface area contributed by atoms with Crippen LogP contribution in [0.1, 0.15) is 19.2 Å².